The molecule has 31 heavy (non-hydrogen) atoms. The van der Waals surface area contributed by atoms with E-state index in [0.717, 1.165) is 11.1 Å². The Bertz CT molecular complexity index is 1260. The molecule has 4 rings (SSSR count). The number of hydrogen-bond donors (Lipinski definition) is 2. The Morgan fingerprint density at radius 1 is 1.23 bits per heavy atom. The summed E-state index contributed by atoms with van der Waals surface area (Å²) in [7, 11) is -3.22. The van der Waals surface area contributed by atoms with Crippen molar-refractivity contribution in [3.05, 3.63) is 58.9 Å². The number of hydrogen-bond acceptors (Lipinski definition) is 5. The van der Waals surface area contributed by atoms with E-state index in [1.54, 1.807) is 24.3 Å². The summed E-state index contributed by atoms with van der Waals surface area (Å²) in [6.45, 7) is 2.88. The van der Waals surface area contributed by atoms with Gasteiger partial charge in [-0.15, -0.1) is 0 Å². The standard InChI is InChI=1S/C21H23N5O3S2/c1-15-4-2-5-16(14-15)20-23-24-21(30)25(20)12-10-19(27)22-17-6-8-18(9-7-17)26-11-3-13-31(26,28)29/h2,4-9,14H,3,10-13H2,1H3,(H,22,27)(H,24,30). The number of aromatic nitrogens is 3. The Morgan fingerprint density at radius 2 is 2.00 bits per heavy atom. The van der Waals surface area contributed by atoms with Crippen LogP contribution in [-0.4, -0.2) is 41.4 Å². The Hall–Kier alpha value is -2.98. The van der Waals surface area contributed by atoms with Crippen molar-refractivity contribution in [3.8, 4) is 11.4 Å². The second-order valence-corrected chi connectivity index (χ2v) is 9.86. The normalized spacial score (nSPS) is 15.2. The van der Waals surface area contributed by atoms with Crippen molar-refractivity contribution in [1.29, 1.82) is 0 Å². The highest BCUT2D eigenvalue weighted by molar-refractivity contribution is 7.93. The maximum absolute atomic E-state index is 12.5. The first-order chi connectivity index (χ1) is 14.8. The van der Waals surface area contributed by atoms with Crippen LogP contribution >= 0.6 is 12.2 Å². The van der Waals surface area contributed by atoms with E-state index in [1.165, 1.54) is 4.31 Å². The number of aromatic amines is 1. The fourth-order valence-electron chi connectivity index (χ4n) is 3.61. The molecule has 3 aromatic rings. The Balaban J connectivity index is 1.40. The van der Waals surface area contributed by atoms with Crippen molar-refractivity contribution in [2.24, 2.45) is 0 Å². The number of nitrogens with zero attached hydrogens (tertiary/aromatic N) is 3. The zero-order chi connectivity index (χ0) is 22.0. The molecule has 2 aromatic carbocycles. The summed E-state index contributed by atoms with van der Waals surface area (Å²) in [4.78, 5) is 12.5. The second kappa shape index (κ2) is 8.64. The SMILES string of the molecule is Cc1cccc(-c2n[nH]c(=S)n2CCC(=O)Nc2ccc(N3CCCS3(=O)=O)cc2)c1. The van der Waals surface area contributed by atoms with E-state index in [0.29, 0.717) is 41.5 Å². The van der Waals surface area contributed by atoms with Crippen molar-refractivity contribution in [2.75, 3.05) is 21.9 Å². The van der Waals surface area contributed by atoms with E-state index in [-0.39, 0.29) is 18.1 Å². The molecule has 2 heterocycles. The summed E-state index contributed by atoms with van der Waals surface area (Å²) in [5, 5.41) is 9.95. The quantitative estimate of drug-likeness (QED) is 0.552. The molecule has 162 valence electrons. The average Bonchev–Trinajstić information content (AvgIpc) is 3.28. The molecule has 0 saturated carbocycles. The lowest BCUT2D eigenvalue weighted by Crippen LogP contribution is -2.25. The van der Waals surface area contributed by atoms with Crippen molar-refractivity contribution in [3.63, 3.8) is 0 Å². The first-order valence-electron chi connectivity index (χ1n) is 9.96. The molecule has 1 saturated heterocycles. The summed E-state index contributed by atoms with van der Waals surface area (Å²) >= 11 is 5.33. The number of carbonyl (C=O) groups excluding carboxylic acids is 1. The van der Waals surface area contributed by atoms with Crippen LogP contribution in [0.15, 0.2) is 48.5 Å². The summed E-state index contributed by atoms with van der Waals surface area (Å²) in [5.74, 6) is 0.699. The zero-order valence-electron chi connectivity index (χ0n) is 17.0. The van der Waals surface area contributed by atoms with Crippen LogP contribution in [0.3, 0.4) is 0 Å². The molecule has 8 nitrogen and oxygen atoms in total. The summed E-state index contributed by atoms with van der Waals surface area (Å²) < 4.78 is 27.8. The lowest BCUT2D eigenvalue weighted by molar-refractivity contribution is -0.116. The maximum Gasteiger partial charge on any atom is 0.235 e. The molecule has 2 N–H and O–H groups in total. The lowest BCUT2D eigenvalue weighted by atomic mass is 10.1. The van der Waals surface area contributed by atoms with E-state index >= 15 is 0 Å². The van der Waals surface area contributed by atoms with Crippen molar-refractivity contribution in [1.82, 2.24) is 14.8 Å². The van der Waals surface area contributed by atoms with Crippen molar-refractivity contribution >= 4 is 39.5 Å². The molecule has 0 bridgehead atoms. The van der Waals surface area contributed by atoms with Crippen LogP contribution in [0.5, 0.6) is 0 Å². The molecule has 0 atom stereocenters. The number of anilines is 2. The second-order valence-electron chi connectivity index (χ2n) is 7.46. The molecule has 1 aromatic heterocycles. The van der Waals surface area contributed by atoms with Crippen LogP contribution in [0.2, 0.25) is 0 Å². The van der Waals surface area contributed by atoms with Crippen LogP contribution in [0.4, 0.5) is 11.4 Å². The molecule has 1 amide bonds. The minimum absolute atomic E-state index is 0.167. The smallest absolute Gasteiger partial charge is 0.235 e. The summed E-state index contributed by atoms with van der Waals surface area (Å²) in [6.07, 6.45) is 0.844. The van der Waals surface area contributed by atoms with Gasteiger partial charge in [0.25, 0.3) is 0 Å². The van der Waals surface area contributed by atoms with E-state index in [9.17, 15) is 13.2 Å². The Kier molecular flexibility index (Phi) is 5.92. The molecular formula is C21H23N5O3S2. The van der Waals surface area contributed by atoms with Crippen LogP contribution in [0, 0.1) is 11.7 Å². The minimum atomic E-state index is -3.22. The Morgan fingerprint density at radius 3 is 2.68 bits per heavy atom. The molecule has 1 fully saturated rings. The van der Waals surface area contributed by atoms with E-state index in [2.05, 4.69) is 15.5 Å². The number of rotatable bonds is 6. The summed E-state index contributed by atoms with van der Waals surface area (Å²) in [6, 6.07) is 14.8. The number of benzene rings is 2. The molecule has 1 aliphatic heterocycles. The molecule has 10 heteroatoms. The highest BCUT2D eigenvalue weighted by Crippen LogP contribution is 2.25. The maximum atomic E-state index is 12.5. The molecular weight excluding hydrogens is 434 g/mol. The first kappa shape index (κ1) is 21.3. The third-order valence-electron chi connectivity index (χ3n) is 5.14. The number of amides is 1. The van der Waals surface area contributed by atoms with Gasteiger partial charge < -0.3 is 5.32 Å². The monoisotopic (exact) mass is 457 g/mol. The third kappa shape index (κ3) is 4.70. The van der Waals surface area contributed by atoms with Crippen molar-refractivity contribution in [2.45, 2.75) is 26.3 Å². The number of nitrogens with one attached hydrogen (secondary N) is 2. The number of H-pyrrole nitrogens is 1. The van der Waals surface area contributed by atoms with E-state index < -0.39 is 10.0 Å². The van der Waals surface area contributed by atoms with Gasteiger partial charge in [0.15, 0.2) is 10.6 Å². The van der Waals surface area contributed by atoms with E-state index in [4.69, 9.17) is 12.2 Å². The predicted molar refractivity (Wildman–Crippen MR) is 123 cm³/mol. The number of aryl methyl sites for hydroxylation is 1. The topological polar surface area (TPSA) is 100 Å². The van der Waals surface area contributed by atoms with Gasteiger partial charge in [-0.1, -0.05) is 23.8 Å². The molecule has 0 aliphatic carbocycles. The van der Waals surface area contributed by atoms with Gasteiger partial charge in [-0.2, -0.15) is 5.10 Å². The predicted octanol–water partition coefficient (Wildman–Crippen LogP) is 3.48. The van der Waals surface area contributed by atoms with E-state index in [1.807, 2.05) is 35.8 Å². The van der Waals surface area contributed by atoms with Gasteiger partial charge >= 0.3 is 0 Å². The van der Waals surface area contributed by atoms with Crippen LogP contribution in [-0.2, 0) is 21.4 Å². The first-order valence-corrected chi connectivity index (χ1v) is 12.0. The molecule has 0 radical (unpaired) electrons. The summed E-state index contributed by atoms with van der Waals surface area (Å²) in [5.41, 5.74) is 3.27. The highest BCUT2D eigenvalue weighted by Gasteiger charge is 2.28. The van der Waals surface area contributed by atoms with Gasteiger partial charge in [0.05, 0.1) is 11.4 Å². The minimum Gasteiger partial charge on any atom is -0.326 e. The van der Waals surface area contributed by atoms with Crippen molar-refractivity contribution < 1.29 is 13.2 Å². The molecule has 0 spiro atoms. The van der Waals surface area contributed by atoms with Crippen LogP contribution in [0.1, 0.15) is 18.4 Å². The fraction of sp³-hybridized carbons (Fsp3) is 0.286. The average molecular weight is 458 g/mol. The van der Waals surface area contributed by atoms with Gasteiger partial charge in [0, 0.05) is 30.8 Å². The van der Waals surface area contributed by atoms with Gasteiger partial charge in [0.2, 0.25) is 15.9 Å². The van der Waals surface area contributed by atoms with Crippen LogP contribution in [0.25, 0.3) is 11.4 Å². The largest absolute Gasteiger partial charge is 0.326 e. The highest BCUT2D eigenvalue weighted by atomic mass is 32.2. The third-order valence-corrected chi connectivity index (χ3v) is 7.32. The van der Waals surface area contributed by atoms with Gasteiger partial charge in [-0.25, -0.2) is 8.42 Å². The van der Waals surface area contributed by atoms with Gasteiger partial charge in [0.1, 0.15) is 0 Å². The van der Waals surface area contributed by atoms with Gasteiger partial charge in [-0.3, -0.25) is 18.8 Å². The van der Waals surface area contributed by atoms with Crippen LogP contribution < -0.4 is 9.62 Å². The number of carbonyl (C=O) groups is 1. The molecule has 1 aliphatic rings. The zero-order valence-corrected chi connectivity index (χ0v) is 18.7. The Labute approximate surface area is 186 Å². The van der Waals surface area contributed by atoms with Gasteiger partial charge in [-0.05, 0) is 55.9 Å². The lowest BCUT2D eigenvalue weighted by Gasteiger charge is -2.17. The fourth-order valence-corrected chi connectivity index (χ4v) is 5.39. The number of sulfonamides is 1. The molecule has 0 unspecified atom stereocenters.